The quantitative estimate of drug-likeness (QED) is 0.611. The number of rotatable bonds is 3. The van der Waals surface area contributed by atoms with E-state index >= 15 is 0 Å². The Hall–Kier alpha value is -2.24. The number of benzene rings is 1. The number of nitrogens with zero attached hydrogens (tertiary/aromatic N) is 1. The zero-order valence-corrected chi connectivity index (χ0v) is 15.8. The van der Waals surface area contributed by atoms with Crippen LogP contribution in [0.4, 0.5) is 9.59 Å². The summed E-state index contributed by atoms with van der Waals surface area (Å²) in [6.45, 7) is 11.7. The van der Waals surface area contributed by atoms with Gasteiger partial charge in [0.25, 0.3) is 0 Å². The van der Waals surface area contributed by atoms with Crippen molar-refractivity contribution in [2.75, 3.05) is 20.7 Å². The lowest BCUT2D eigenvalue weighted by molar-refractivity contribution is 0.102. The number of carbonyl (C=O) groups is 2. The average molecular weight is 337 g/mol. The van der Waals surface area contributed by atoms with E-state index in [9.17, 15) is 9.59 Å². The maximum absolute atomic E-state index is 12.0. The van der Waals surface area contributed by atoms with E-state index in [0.717, 1.165) is 11.1 Å². The van der Waals surface area contributed by atoms with Crippen molar-refractivity contribution < 1.29 is 23.8 Å². The molecule has 0 aliphatic rings. The number of hydrogen-bond acceptors (Lipinski definition) is 5. The van der Waals surface area contributed by atoms with Gasteiger partial charge in [0.05, 0.1) is 6.61 Å². The van der Waals surface area contributed by atoms with Crippen molar-refractivity contribution in [3.8, 4) is 11.5 Å². The highest BCUT2D eigenvalue weighted by Crippen LogP contribution is 2.41. The minimum Gasteiger partial charge on any atom is -0.434 e. The van der Waals surface area contributed by atoms with Gasteiger partial charge in [0.15, 0.2) is 11.5 Å². The maximum atomic E-state index is 12.0. The Bertz CT molecular complexity index is 629. The first-order valence-corrected chi connectivity index (χ1v) is 7.87. The molecule has 1 rings (SSSR count). The summed E-state index contributed by atoms with van der Waals surface area (Å²) >= 11 is 0. The molecule has 24 heavy (non-hydrogen) atoms. The molecule has 0 aliphatic heterocycles. The SMILES string of the molecule is CCOC(=O)Oc1c(C)c(C(C)(C)C)cc(C)c1OC(=O)N(C)C. The van der Waals surface area contributed by atoms with Crippen molar-refractivity contribution in [1.82, 2.24) is 4.90 Å². The van der Waals surface area contributed by atoms with Gasteiger partial charge >= 0.3 is 12.2 Å². The molecule has 0 atom stereocenters. The van der Waals surface area contributed by atoms with Crippen molar-refractivity contribution in [2.45, 2.75) is 47.0 Å². The minimum atomic E-state index is -0.826. The molecule has 0 aliphatic carbocycles. The molecule has 0 aromatic heterocycles. The molecule has 1 aromatic rings. The Balaban J connectivity index is 3.47. The second kappa shape index (κ2) is 7.55. The summed E-state index contributed by atoms with van der Waals surface area (Å²) in [5.41, 5.74) is 2.29. The Morgan fingerprint density at radius 3 is 2.12 bits per heavy atom. The van der Waals surface area contributed by atoms with E-state index < -0.39 is 12.2 Å². The Kier molecular flexibility index (Phi) is 6.23. The number of aryl methyl sites for hydroxylation is 1. The summed E-state index contributed by atoms with van der Waals surface area (Å²) in [6, 6.07) is 1.95. The summed E-state index contributed by atoms with van der Waals surface area (Å²) in [6.07, 6.45) is -1.37. The van der Waals surface area contributed by atoms with Crippen LogP contribution in [0.1, 0.15) is 44.4 Å². The van der Waals surface area contributed by atoms with Gasteiger partial charge in [0.2, 0.25) is 0 Å². The smallest absolute Gasteiger partial charge is 0.434 e. The van der Waals surface area contributed by atoms with Crippen LogP contribution in [0.25, 0.3) is 0 Å². The van der Waals surface area contributed by atoms with Crippen LogP contribution in [0.15, 0.2) is 6.07 Å². The van der Waals surface area contributed by atoms with E-state index in [1.165, 1.54) is 4.90 Å². The molecule has 0 unspecified atom stereocenters. The fourth-order valence-electron chi connectivity index (χ4n) is 2.30. The highest BCUT2D eigenvalue weighted by Gasteiger charge is 2.26. The molecule has 0 spiro atoms. The van der Waals surface area contributed by atoms with Crippen molar-refractivity contribution in [2.24, 2.45) is 0 Å². The molecular formula is C18H27NO5. The lowest BCUT2D eigenvalue weighted by Crippen LogP contribution is -2.26. The molecule has 0 fully saturated rings. The first-order chi connectivity index (χ1) is 11.0. The Labute approximate surface area is 143 Å². The van der Waals surface area contributed by atoms with E-state index in [0.29, 0.717) is 5.56 Å². The van der Waals surface area contributed by atoms with Gasteiger partial charge in [-0.25, -0.2) is 9.59 Å². The second-order valence-electron chi connectivity index (χ2n) is 6.82. The van der Waals surface area contributed by atoms with Gasteiger partial charge in [0, 0.05) is 14.1 Å². The van der Waals surface area contributed by atoms with Crippen LogP contribution >= 0.6 is 0 Å². The molecule has 0 radical (unpaired) electrons. The van der Waals surface area contributed by atoms with E-state index in [1.54, 1.807) is 21.0 Å². The van der Waals surface area contributed by atoms with Crippen molar-refractivity contribution in [1.29, 1.82) is 0 Å². The van der Waals surface area contributed by atoms with Gasteiger partial charge < -0.3 is 19.1 Å². The standard InChI is InChI=1S/C18H27NO5/c1-9-22-17(21)24-15-12(3)13(18(4,5)6)10-11(2)14(15)23-16(20)19(7)8/h10H,9H2,1-8H3. The molecule has 0 N–H and O–H groups in total. The molecule has 6 nitrogen and oxygen atoms in total. The van der Waals surface area contributed by atoms with E-state index in [2.05, 4.69) is 20.8 Å². The second-order valence-corrected chi connectivity index (χ2v) is 6.82. The molecule has 0 saturated carbocycles. The monoisotopic (exact) mass is 337 g/mol. The van der Waals surface area contributed by atoms with E-state index in [1.807, 2.05) is 19.9 Å². The van der Waals surface area contributed by atoms with E-state index in [-0.39, 0.29) is 23.5 Å². The minimum absolute atomic E-state index is 0.161. The summed E-state index contributed by atoms with van der Waals surface area (Å²) in [5.74, 6) is 0.445. The first-order valence-electron chi connectivity index (χ1n) is 7.87. The lowest BCUT2D eigenvalue weighted by atomic mass is 9.82. The van der Waals surface area contributed by atoms with Gasteiger partial charge in [-0.15, -0.1) is 0 Å². The zero-order valence-electron chi connectivity index (χ0n) is 15.8. The molecule has 134 valence electrons. The van der Waals surface area contributed by atoms with Gasteiger partial charge in [-0.1, -0.05) is 26.8 Å². The Morgan fingerprint density at radius 2 is 1.67 bits per heavy atom. The van der Waals surface area contributed by atoms with Crippen LogP contribution in [0.5, 0.6) is 11.5 Å². The average Bonchev–Trinajstić information content (AvgIpc) is 2.44. The normalized spacial score (nSPS) is 11.0. The summed E-state index contributed by atoms with van der Waals surface area (Å²) in [7, 11) is 3.17. The van der Waals surface area contributed by atoms with Crippen LogP contribution in [-0.2, 0) is 10.2 Å². The molecule has 0 heterocycles. The van der Waals surface area contributed by atoms with Gasteiger partial charge in [-0.05, 0) is 42.9 Å². The summed E-state index contributed by atoms with van der Waals surface area (Å²) in [5, 5.41) is 0. The molecule has 1 aromatic carbocycles. The number of amides is 1. The number of carbonyl (C=O) groups excluding carboxylic acids is 2. The summed E-state index contributed by atoms with van der Waals surface area (Å²) < 4.78 is 15.6. The zero-order chi connectivity index (χ0) is 18.7. The third-order valence-electron chi connectivity index (χ3n) is 3.48. The Morgan fingerprint density at radius 1 is 1.08 bits per heavy atom. The highest BCUT2D eigenvalue weighted by molar-refractivity contribution is 5.75. The topological polar surface area (TPSA) is 65.1 Å². The molecular weight excluding hydrogens is 310 g/mol. The van der Waals surface area contributed by atoms with Crippen LogP contribution < -0.4 is 9.47 Å². The fourth-order valence-corrected chi connectivity index (χ4v) is 2.30. The largest absolute Gasteiger partial charge is 0.513 e. The number of ether oxygens (including phenoxy) is 3. The predicted molar refractivity (Wildman–Crippen MR) is 92.0 cm³/mol. The van der Waals surface area contributed by atoms with Gasteiger partial charge in [0.1, 0.15) is 0 Å². The fraction of sp³-hybridized carbons (Fsp3) is 0.556. The maximum Gasteiger partial charge on any atom is 0.513 e. The third kappa shape index (κ3) is 4.63. The summed E-state index contributed by atoms with van der Waals surface area (Å²) in [4.78, 5) is 25.1. The molecule has 1 amide bonds. The van der Waals surface area contributed by atoms with Gasteiger partial charge in [-0.2, -0.15) is 0 Å². The lowest BCUT2D eigenvalue weighted by Gasteiger charge is -2.26. The molecule has 6 heteroatoms. The molecule has 0 saturated heterocycles. The predicted octanol–water partition coefficient (Wildman–Crippen LogP) is 4.20. The van der Waals surface area contributed by atoms with Crippen molar-refractivity contribution in [3.05, 3.63) is 22.8 Å². The van der Waals surface area contributed by atoms with Crippen LogP contribution in [0.3, 0.4) is 0 Å². The van der Waals surface area contributed by atoms with Crippen LogP contribution in [0.2, 0.25) is 0 Å². The van der Waals surface area contributed by atoms with E-state index in [4.69, 9.17) is 14.2 Å². The van der Waals surface area contributed by atoms with Crippen molar-refractivity contribution in [3.63, 3.8) is 0 Å². The first kappa shape index (κ1) is 19.8. The van der Waals surface area contributed by atoms with Crippen molar-refractivity contribution >= 4 is 12.2 Å². The van der Waals surface area contributed by atoms with Crippen LogP contribution in [0, 0.1) is 13.8 Å². The van der Waals surface area contributed by atoms with Gasteiger partial charge in [-0.3, -0.25) is 0 Å². The molecule has 0 bridgehead atoms. The number of hydrogen-bond donors (Lipinski definition) is 0. The van der Waals surface area contributed by atoms with Crippen LogP contribution in [-0.4, -0.2) is 37.9 Å². The highest BCUT2D eigenvalue weighted by atomic mass is 16.7. The third-order valence-corrected chi connectivity index (χ3v) is 3.48.